The highest BCUT2D eigenvalue weighted by Crippen LogP contribution is 2.38. The molecule has 6 heteroatoms. The van der Waals surface area contributed by atoms with Crippen LogP contribution in [0.5, 0.6) is 17.2 Å². The Morgan fingerprint density at radius 3 is 2.20 bits per heavy atom. The van der Waals surface area contributed by atoms with Gasteiger partial charge in [-0.1, -0.05) is 6.07 Å². The first-order valence-corrected chi connectivity index (χ1v) is 10.2. The molecule has 30 heavy (non-hydrogen) atoms. The van der Waals surface area contributed by atoms with E-state index in [1.54, 1.807) is 38.9 Å². The molecule has 0 radical (unpaired) electrons. The number of methoxy groups -OCH3 is 3. The third-order valence-electron chi connectivity index (χ3n) is 4.71. The molecular formula is C24H22N2O3S. The lowest BCUT2D eigenvalue weighted by Gasteiger charge is -2.12. The van der Waals surface area contributed by atoms with E-state index in [2.05, 4.69) is 30.1 Å². The topological polar surface area (TPSA) is 52.9 Å². The molecule has 5 nitrogen and oxygen atoms in total. The molecule has 0 atom stereocenters. The highest BCUT2D eigenvalue weighted by molar-refractivity contribution is 7.21. The van der Waals surface area contributed by atoms with E-state index in [1.165, 1.54) is 10.3 Å². The first kappa shape index (κ1) is 19.9. The fraction of sp³-hybridized carbons (Fsp3) is 0.167. The SMILES string of the molecule is COc1cc(C=Nc2ccc(-c3nc4ccc(C)cc4s3)cc2)cc(OC)c1OC. The maximum atomic E-state index is 5.40. The van der Waals surface area contributed by atoms with E-state index in [-0.39, 0.29) is 0 Å². The highest BCUT2D eigenvalue weighted by Gasteiger charge is 2.12. The first-order chi connectivity index (χ1) is 14.6. The molecule has 0 fully saturated rings. The minimum absolute atomic E-state index is 0.563. The molecule has 1 heterocycles. The van der Waals surface area contributed by atoms with E-state index in [0.717, 1.165) is 27.3 Å². The predicted octanol–water partition coefficient (Wildman–Crippen LogP) is 6.05. The van der Waals surface area contributed by atoms with Crippen LogP contribution in [-0.4, -0.2) is 32.5 Å². The molecular weight excluding hydrogens is 396 g/mol. The van der Waals surface area contributed by atoms with Crippen LogP contribution in [0, 0.1) is 6.92 Å². The Bertz CT molecular complexity index is 1190. The molecule has 0 N–H and O–H groups in total. The van der Waals surface area contributed by atoms with Gasteiger partial charge in [-0.05, 0) is 61.0 Å². The van der Waals surface area contributed by atoms with Crippen molar-refractivity contribution in [2.75, 3.05) is 21.3 Å². The summed E-state index contributed by atoms with van der Waals surface area (Å²) in [7, 11) is 4.78. The molecule has 3 aromatic carbocycles. The molecule has 0 saturated carbocycles. The number of thiazole rings is 1. The fourth-order valence-corrected chi connectivity index (χ4v) is 4.24. The van der Waals surface area contributed by atoms with Crippen LogP contribution in [0.4, 0.5) is 5.69 Å². The number of hydrogen-bond acceptors (Lipinski definition) is 6. The molecule has 1 aromatic heterocycles. The minimum atomic E-state index is 0.563. The smallest absolute Gasteiger partial charge is 0.203 e. The third-order valence-corrected chi connectivity index (χ3v) is 5.78. The van der Waals surface area contributed by atoms with Gasteiger partial charge in [-0.3, -0.25) is 4.99 Å². The van der Waals surface area contributed by atoms with Gasteiger partial charge in [-0.2, -0.15) is 0 Å². The summed E-state index contributed by atoms with van der Waals surface area (Å²) in [6, 6.07) is 18.1. The van der Waals surface area contributed by atoms with Crippen LogP contribution >= 0.6 is 11.3 Å². The summed E-state index contributed by atoms with van der Waals surface area (Å²) >= 11 is 1.70. The van der Waals surface area contributed by atoms with Gasteiger partial charge in [-0.25, -0.2) is 4.98 Å². The largest absolute Gasteiger partial charge is 0.493 e. The molecule has 0 amide bonds. The third kappa shape index (κ3) is 4.00. The van der Waals surface area contributed by atoms with Crippen molar-refractivity contribution in [3.05, 3.63) is 65.7 Å². The van der Waals surface area contributed by atoms with Gasteiger partial charge in [0.05, 0.1) is 37.2 Å². The summed E-state index contributed by atoms with van der Waals surface area (Å²) < 4.78 is 17.4. The van der Waals surface area contributed by atoms with Gasteiger partial charge in [0, 0.05) is 17.3 Å². The Balaban J connectivity index is 1.58. The summed E-state index contributed by atoms with van der Waals surface area (Å²) in [4.78, 5) is 9.32. The zero-order chi connectivity index (χ0) is 21.1. The average Bonchev–Trinajstić information content (AvgIpc) is 3.20. The Morgan fingerprint density at radius 2 is 1.57 bits per heavy atom. The Labute approximate surface area is 179 Å². The minimum Gasteiger partial charge on any atom is -0.493 e. The predicted molar refractivity (Wildman–Crippen MR) is 123 cm³/mol. The Morgan fingerprint density at radius 1 is 0.867 bits per heavy atom. The molecule has 0 spiro atoms. The van der Waals surface area contributed by atoms with E-state index < -0.39 is 0 Å². The number of fused-ring (bicyclic) bond motifs is 1. The summed E-state index contributed by atoms with van der Waals surface area (Å²) in [5.74, 6) is 1.76. The Kier molecular flexibility index (Phi) is 5.68. The van der Waals surface area contributed by atoms with Crippen LogP contribution in [0.2, 0.25) is 0 Å². The van der Waals surface area contributed by atoms with Gasteiger partial charge in [-0.15, -0.1) is 11.3 Å². The van der Waals surface area contributed by atoms with E-state index in [1.807, 2.05) is 36.4 Å². The summed E-state index contributed by atoms with van der Waals surface area (Å²) in [5.41, 5.74) is 5.07. The number of aliphatic imine (C=N–C) groups is 1. The van der Waals surface area contributed by atoms with E-state index in [4.69, 9.17) is 19.2 Å². The summed E-state index contributed by atoms with van der Waals surface area (Å²) in [6.45, 7) is 2.10. The van der Waals surface area contributed by atoms with Gasteiger partial charge in [0.15, 0.2) is 11.5 Å². The second kappa shape index (κ2) is 8.55. The molecule has 4 rings (SSSR count). The lowest BCUT2D eigenvalue weighted by Crippen LogP contribution is -1.96. The maximum absolute atomic E-state index is 5.40. The fourth-order valence-electron chi connectivity index (χ4n) is 3.17. The molecule has 152 valence electrons. The highest BCUT2D eigenvalue weighted by atomic mass is 32.1. The van der Waals surface area contributed by atoms with Gasteiger partial charge >= 0.3 is 0 Å². The van der Waals surface area contributed by atoms with Crippen molar-refractivity contribution in [1.29, 1.82) is 0 Å². The van der Waals surface area contributed by atoms with Gasteiger partial charge in [0.1, 0.15) is 5.01 Å². The normalized spacial score (nSPS) is 11.2. The lowest BCUT2D eigenvalue weighted by atomic mass is 10.2. The van der Waals surface area contributed by atoms with Crippen LogP contribution < -0.4 is 14.2 Å². The quantitative estimate of drug-likeness (QED) is 0.358. The van der Waals surface area contributed by atoms with Crippen molar-refractivity contribution < 1.29 is 14.2 Å². The zero-order valence-electron chi connectivity index (χ0n) is 17.3. The average molecular weight is 419 g/mol. The number of ether oxygens (including phenoxy) is 3. The van der Waals surface area contributed by atoms with Crippen molar-refractivity contribution in [3.63, 3.8) is 0 Å². The second-order valence-electron chi connectivity index (χ2n) is 6.75. The maximum Gasteiger partial charge on any atom is 0.203 e. The van der Waals surface area contributed by atoms with Crippen LogP contribution in [0.3, 0.4) is 0 Å². The Hall–Kier alpha value is -3.38. The number of benzene rings is 3. The van der Waals surface area contributed by atoms with Gasteiger partial charge in [0.2, 0.25) is 5.75 Å². The lowest BCUT2D eigenvalue weighted by molar-refractivity contribution is 0.324. The molecule has 4 aromatic rings. The van der Waals surface area contributed by atoms with Gasteiger partial charge < -0.3 is 14.2 Å². The first-order valence-electron chi connectivity index (χ1n) is 9.43. The monoisotopic (exact) mass is 418 g/mol. The molecule has 0 saturated heterocycles. The van der Waals surface area contributed by atoms with Crippen LogP contribution in [-0.2, 0) is 0 Å². The molecule has 0 unspecified atom stereocenters. The van der Waals surface area contributed by atoms with Crippen molar-refractivity contribution >= 4 is 33.5 Å². The molecule has 0 aliphatic carbocycles. The zero-order valence-corrected chi connectivity index (χ0v) is 18.1. The van der Waals surface area contributed by atoms with Crippen LogP contribution in [0.25, 0.3) is 20.8 Å². The molecule has 0 bridgehead atoms. The van der Waals surface area contributed by atoms with Crippen molar-refractivity contribution in [2.24, 2.45) is 4.99 Å². The van der Waals surface area contributed by atoms with Crippen molar-refractivity contribution in [2.45, 2.75) is 6.92 Å². The van der Waals surface area contributed by atoms with E-state index in [9.17, 15) is 0 Å². The van der Waals surface area contributed by atoms with Crippen LogP contribution in [0.15, 0.2) is 59.6 Å². The van der Waals surface area contributed by atoms with Crippen LogP contribution in [0.1, 0.15) is 11.1 Å². The number of aryl methyl sites for hydroxylation is 1. The number of nitrogens with zero attached hydrogens (tertiary/aromatic N) is 2. The van der Waals surface area contributed by atoms with Crippen molar-refractivity contribution in [1.82, 2.24) is 4.98 Å². The molecule has 0 aliphatic rings. The van der Waals surface area contributed by atoms with E-state index >= 15 is 0 Å². The number of hydrogen-bond donors (Lipinski definition) is 0. The number of aromatic nitrogens is 1. The molecule has 0 aliphatic heterocycles. The van der Waals surface area contributed by atoms with Gasteiger partial charge in [0.25, 0.3) is 0 Å². The summed E-state index contributed by atoms with van der Waals surface area (Å²) in [5, 5.41) is 1.01. The standard InChI is InChI=1S/C24H22N2O3S/c1-15-5-10-19-22(11-15)30-24(26-19)17-6-8-18(9-7-17)25-14-16-12-20(27-2)23(29-4)21(13-16)28-3/h5-14H,1-4H3. The summed E-state index contributed by atoms with van der Waals surface area (Å²) in [6.07, 6.45) is 1.78. The number of rotatable bonds is 6. The van der Waals surface area contributed by atoms with E-state index in [0.29, 0.717) is 17.2 Å². The second-order valence-corrected chi connectivity index (χ2v) is 7.78. The van der Waals surface area contributed by atoms with Crippen molar-refractivity contribution in [3.8, 4) is 27.8 Å².